The molecule has 1 saturated carbocycles. The molecule has 1 heterocycles. The normalized spacial score (nSPS) is 19.7. The van der Waals surface area contributed by atoms with Crippen LogP contribution >= 0.6 is 0 Å². The summed E-state index contributed by atoms with van der Waals surface area (Å²) in [7, 11) is -3.66. The van der Waals surface area contributed by atoms with E-state index in [2.05, 4.69) is 4.72 Å². The van der Waals surface area contributed by atoms with Crippen LogP contribution in [0.2, 0.25) is 0 Å². The smallest absolute Gasteiger partial charge is 0.240 e. The highest BCUT2D eigenvalue weighted by molar-refractivity contribution is 7.89. The summed E-state index contributed by atoms with van der Waals surface area (Å²) in [5.41, 5.74) is 7.58. The standard InChI is InChI=1S/C18H27N3O3S/c1-13(22)21-10-9-15-7-8-16(11-18(15)21)25(23,24)20-17(12-19)14-5-3-2-4-6-14/h7-8,11,14,17,20H,2-6,9-10,12,19H2,1H3. The zero-order valence-corrected chi connectivity index (χ0v) is 15.5. The summed E-state index contributed by atoms with van der Waals surface area (Å²) in [6.07, 6.45) is 6.28. The van der Waals surface area contributed by atoms with Crippen LogP contribution in [-0.4, -0.2) is 33.5 Å². The Bertz CT molecular complexity index is 742. The maximum absolute atomic E-state index is 12.9. The summed E-state index contributed by atoms with van der Waals surface area (Å²) in [6, 6.07) is 4.81. The van der Waals surface area contributed by atoms with Gasteiger partial charge in [0.15, 0.2) is 0 Å². The summed E-state index contributed by atoms with van der Waals surface area (Å²) < 4.78 is 28.5. The predicted molar refractivity (Wildman–Crippen MR) is 97.9 cm³/mol. The largest absolute Gasteiger partial charge is 0.329 e. The molecular weight excluding hydrogens is 338 g/mol. The highest BCUT2D eigenvalue weighted by Gasteiger charge is 2.29. The third-order valence-electron chi connectivity index (χ3n) is 5.42. The minimum absolute atomic E-state index is 0.0664. The van der Waals surface area contributed by atoms with E-state index in [1.54, 1.807) is 17.0 Å². The summed E-state index contributed by atoms with van der Waals surface area (Å²) >= 11 is 0. The minimum atomic E-state index is -3.66. The van der Waals surface area contributed by atoms with Crippen molar-refractivity contribution in [2.45, 2.75) is 56.4 Å². The van der Waals surface area contributed by atoms with Crippen molar-refractivity contribution in [3.63, 3.8) is 0 Å². The van der Waals surface area contributed by atoms with Gasteiger partial charge in [-0.25, -0.2) is 13.1 Å². The van der Waals surface area contributed by atoms with Crippen LogP contribution in [0.4, 0.5) is 5.69 Å². The molecule has 3 rings (SSSR count). The topological polar surface area (TPSA) is 92.5 Å². The van der Waals surface area contributed by atoms with Crippen LogP contribution < -0.4 is 15.4 Å². The van der Waals surface area contributed by atoms with E-state index in [-0.39, 0.29) is 16.8 Å². The lowest BCUT2D eigenvalue weighted by Gasteiger charge is -2.30. The lowest BCUT2D eigenvalue weighted by atomic mass is 9.84. The number of nitrogens with zero attached hydrogens (tertiary/aromatic N) is 1. The number of hydrogen-bond acceptors (Lipinski definition) is 4. The zero-order valence-electron chi connectivity index (χ0n) is 14.7. The van der Waals surface area contributed by atoms with E-state index < -0.39 is 10.0 Å². The molecule has 1 atom stereocenters. The SMILES string of the molecule is CC(=O)N1CCc2ccc(S(=O)(=O)NC(CN)C3CCCCC3)cc21. The quantitative estimate of drug-likeness (QED) is 0.832. The fraction of sp³-hybridized carbons (Fsp3) is 0.611. The van der Waals surface area contributed by atoms with Gasteiger partial charge in [-0.15, -0.1) is 0 Å². The summed E-state index contributed by atoms with van der Waals surface area (Å²) in [5.74, 6) is 0.236. The van der Waals surface area contributed by atoms with Gasteiger partial charge in [0.2, 0.25) is 15.9 Å². The molecule has 1 amide bonds. The molecule has 1 aliphatic heterocycles. The maximum Gasteiger partial charge on any atom is 0.240 e. The number of anilines is 1. The molecule has 0 spiro atoms. The lowest BCUT2D eigenvalue weighted by molar-refractivity contribution is -0.116. The van der Waals surface area contributed by atoms with Crippen LogP contribution in [0.5, 0.6) is 0 Å². The number of amides is 1. The Morgan fingerprint density at radius 3 is 2.68 bits per heavy atom. The third kappa shape index (κ3) is 3.88. The Kier molecular flexibility index (Phi) is 5.46. The molecule has 3 N–H and O–H groups in total. The van der Waals surface area contributed by atoms with Gasteiger partial charge in [0.25, 0.3) is 0 Å². The van der Waals surface area contributed by atoms with Gasteiger partial charge in [-0.3, -0.25) is 4.79 Å². The van der Waals surface area contributed by atoms with Crippen LogP contribution in [0.3, 0.4) is 0 Å². The van der Waals surface area contributed by atoms with Crippen molar-refractivity contribution < 1.29 is 13.2 Å². The van der Waals surface area contributed by atoms with E-state index >= 15 is 0 Å². The van der Waals surface area contributed by atoms with Crippen LogP contribution in [0, 0.1) is 5.92 Å². The van der Waals surface area contributed by atoms with Gasteiger partial charge < -0.3 is 10.6 Å². The van der Waals surface area contributed by atoms with Crippen molar-refractivity contribution in [3.05, 3.63) is 23.8 Å². The molecule has 1 unspecified atom stereocenters. The number of nitrogens with two attached hydrogens (primary N) is 1. The molecule has 0 aromatic heterocycles. The van der Waals surface area contributed by atoms with Crippen LogP contribution in [-0.2, 0) is 21.2 Å². The zero-order chi connectivity index (χ0) is 18.0. The van der Waals surface area contributed by atoms with Gasteiger partial charge in [-0.05, 0) is 42.9 Å². The van der Waals surface area contributed by atoms with Gasteiger partial charge in [0.1, 0.15) is 0 Å². The average Bonchev–Trinajstić information content (AvgIpc) is 3.04. The molecule has 6 nitrogen and oxygen atoms in total. The summed E-state index contributed by atoms with van der Waals surface area (Å²) in [6.45, 7) is 2.41. The Balaban J connectivity index is 1.82. The average molecular weight is 365 g/mol. The number of rotatable bonds is 5. The van der Waals surface area contributed by atoms with Gasteiger partial charge in [0.05, 0.1) is 4.90 Å². The number of nitrogens with one attached hydrogen (secondary N) is 1. The van der Waals surface area contributed by atoms with Crippen molar-refractivity contribution in [1.82, 2.24) is 4.72 Å². The third-order valence-corrected chi connectivity index (χ3v) is 6.91. The molecule has 138 valence electrons. The number of carbonyl (C=O) groups is 1. The highest BCUT2D eigenvalue weighted by Crippen LogP contribution is 2.31. The molecular formula is C18H27N3O3S. The molecule has 0 saturated heterocycles. The second-order valence-corrected chi connectivity index (χ2v) is 8.79. The molecule has 1 aromatic carbocycles. The summed E-state index contributed by atoms with van der Waals surface area (Å²) in [4.78, 5) is 13.6. The van der Waals surface area contributed by atoms with Gasteiger partial charge in [-0.1, -0.05) is 25.3 Å². The number of sulfonamides is 1. The van der Waals surface area contributed by atoms with E-state index in [1.807, 2.05) is 6.07 Å². The molecule has 0 bridgehead atoms. The molecule has 0 radical (unpaired) electrons. The van der Waals surface area contributed by atoms with E-state index in [4.69, 9.17) is 5.73 Å². The molecule has 25 heavy (non-hydrogen) atoms. The van der Waals surface area contributed by atoms with Crippen molar-refractivity contribution >= 4 is 21.6 Å². The van der Waals surface area contributed by atoms with Crippen LogP contribution in [0.15, 0.2) is 23.1 Å². The van der Waals surface area contributed by atoms with E-state index in [0.717, 1.165) is 37.7 Å². The van der Waals surface area contributed by atoms with Crippen molar-refractivity contribution in [2.75, 3.05) is 18.0 Å². The highest BCUT2D eigenvalue weighted by atomic mass is 32.2. The lowest BCUT2D eigenvalue weighted by Crippen LogP contribution is -2.45. The van der Waals surface area contributed by atoms with Crippen LogP contribution in [0.1, 0.15) is 44.6 Å². The van der Waals surface area contributed by atoms with Gasteiger partial charge in [0, 0.05) is 31.7 Å². The maximum atomic E-state index is 12.9. The Hall–Kier alpha value is -1.44. The number of benzene rings is 1. The molecule has 1 aromatic rings. The second-order valence-electron chi connectivity index (χ2n) is 7.07. The fourth-order valence-corrected chi connectivity index (χ4v) is 5.33. The number of hydrogen-bond donors (Lipinski definition) is 2. The van der Waals surface area contributed by atoms with Crippen molar-refractivity contribution in [1.29, 1.82) is 0 Å². The number of fused-ring (bicyclic) bond motifs is 1. The first-order valence-electron chi connectivity index (χ1n) is 9.06. The number of carbonyl (C=O) groups excluding carboxylic acids is 1. The second kappa shape index (κ2) is 7.43. The molecule has 2 aliphatic rings. The van der Waals surface area contributed by atoms with Crippen LogP contribution in [0.25, 0.3) is 0 Å². The van der Waals surface area contributed by atoms with E-state index in [9.17, 15) is 13.2 Å². The molecule has 7 heteroatoms. The Morgan fingerprint density at radius 1 is 1.32 bits per heavy atom. The first-order valence-corrected chi connectivity index (χ1v) is 10.5. The van der Waals surface area contributed by atoms with Gasteiger partial charge in [-0.2, -0.15) is 0 Å². The fourth-order valence-electron chi connectivity index (χ4n) is 3.99. The van der Waals surface area contributed by atoms with E-state index in [1.165, 1.54) is 13.3 Å². The summed E-state index contributed by atoms with van der Waals surface area (Å²) in [5, 5.41) is 0. The first kappa shape index (κ1) is 18.4. The Labute approximate surface area is 149 Å². The Morgan fingerprint density at radius 2 is 2.04 bits per heavy atom. The van der Waals surface area contributed by atoms with E-state index in [0.29, 0.717) is 24.7 Å². The minimum Gasteiger partial charge on any atom is -0.329 e. The molecule has 1 fully saturated rings. The van der Waals surface area contributed by atoms with Crippen molar-refractivity contribution in [3.8, 4) is 0 Å². The monoisotopic (exact) mass is 365 g/mol. The van der Waals surface area contributed by atoms with Gasteiger partial charge >= 0.3 is 0 Å². The van der Waals surface area contributed by atoms with Crippen molar-refractivity contribution in [2.24, 2.45) is 11.7 Å². The molecule has 1 aliphatic carbocycles. The first-order chi connectivity index (χ1) is 11.9. The predicted octanol–water partition coefficient (Wildman–Crippen LogP) is 1.78.